The second kappa shape index (κ2) is 10.2. The molecule has 34 heavy (non-hydrogen) atoms. The molecule has 1 aromatic carbocycles. The first kappa shape index (κ1) is 26.4. The van der Waals surface area contributed by atoms with E-state index in [9.17, 15) is 18.0 Å². The molecule has 1 heterocycles. The molecule has 1 unspecified atom stereocenters. The quantitative estimate of drug-likeness (QED) is 0.521. The molecular formula is C26H39N3O4S. The highest BCUT2D eigenvalue weighted by Gasteiger charge is 2.57. The van der Waals surface area contributed by atoms with Gasteiger partial charge in [-0.15, -0.1) is 0 Å². The van der Waals surface area contributed by atoms with Crippen molar-refractivity contribution in [2.45, 2.75) is 101 Å². The normalized spacial score (nSPS) is 22.8. The molecule has 7 nitrogen and oxygen atoms in total. The van der Waals surface area contributed by atoms with Gasteiger partial charge in [0.1, 0.15) is 0 Å². The maximum Gasteiger partial charge on any atom is 0.244 e. The van der Waals surface area contributed by atoms with Gasteiger partial charge < -0.3 is 10.6 Å². The molecule has 0 aromatic heterocycles. The van der Waals surface area contributed by atoms with Crippen LogP contribution in [0.3, 0.4) is 0 Å². The Hall–Kier alpha value is -2.19. The Bertz CT molecular complexity index is 1010. The van der Waals surface area contributed by atoms with Crippen molar-refractivity contribution in [1.82, 2.24) is 9.62 Å². The summed E-state index contributed by atoms with van der Waals surface area (Å²) >= 11 is 0. The minimum atomic E-state index is -3.86. The number of nitrogens with one attached hydrogen (secondary N) is 2. The molecule has 0 spiro atoms. The molecule has 2 amide bonds. The van der Waals surface area contributed by atoms with E-state index in [0.29, 0.717) is 24.4 Å². The Morgan fingerprint density at radius 2 is 1.71 bits per heavy atom. The van der Waals surface area contributed by atoms with Crippen LogP contribution in [-0.4, -0.2) is 41.7 Å². The van der Waals surface area contributed by atoms with Gasteiger partial charge in [0.25, 0.3) is 0 Å². The van der Waals surface area contributed by atoms with E-state index in [2.05, 4.69) is 17.2 Å². The number of carbonyl (C=O) groups is 2. The van der Waals surface area contributed by atoms with Crippen molar-refractivity contribution in [3.8, 4) is 0 Å². The Balaban J connectivity index is 1.70. The maximum atomic E-state index is 13.7. The van der Waals surface area contributed by atoms with Gasteiger partial charge in [0, 0.05) is 23.7 Å². The lowest BCUT2D eigenvalue weighted by Crippen LogP contribution is -2.56. The SMILES string of the molecule is C=CC(=O)NC1CC(C)(C)N(S(=O)(=O)c2ccc(NC(=O)CCC3CCCCC3)cc2)C1(C)C. The van der Waals surface area contributed by atoms with Crippen LogP contribution in [0, 0.1) is 5.92 Å². The number of hydrogen-bond donors (Lipinski definition) is 2. The smallest absolute Gasteiger partial charge is 0.244 e. The van der Waals surface area contributed by atoms with Crippen molar-refractivity contribution < 1.29 is 18.0 Å². The van der Waals surface area contributed by atoms with Crippen LogP contribution in [0.25, 0.3) is 0 Å². The predicted molar refractivity (Wildman–Crippen MR) is 135 cm³/mol. The van der Waals surface area contributed by atoms with Crippen LogP contribution in [0.15, 0.2) is 41.8 Å². The highest BCUT2D eigenvalue weighted by atomic mass is 32.2. The Morgan fingerprint density at radius 3 is 2.29 bits per heavy atom. The zero-order valence-corrected chi connectivity index (χ0v) is 21.7. The number of nitrogens with zero attached hydrogens (tertiary/aromatic N) is 1. The van der Waals surface area contributed by atoms with Crippen molar-refractivity contribution in [2.24, 2.45) is 5.92 Å². The Kier molecular flexibility index (Phi) is 7.92. The highest BCUT2D eigenvalue weighted by molar-refractivity contribution is 7.89. The molecule has 0 bridgehead atoms. The summed E-state index contributed by atoms with van der Waals surface area (Å²) in [6, 6.07) is 5.99. The maximum absolute atomic E-state index is 13.7. The molecule has 188 valence electrons. The van der Waals surface area contributed by atoms with Gasteiger partial charge in [-0.1, -0.05) is 38.7 Å². The molecule has 2 N–H and O–H groups in total. The third-order valence-electron chi connectivity index (χ3n) is 7.31. The van der Waals surface area contributed by atoms with E-state index < -0.39 is 21.1 Å². The minimum Gasteiger partial charge on any atom is -0.348 e. The Labute approximate surface area is 204 Å². The first-order chi connectivity index (χ1) is 15.9. The number of benzene rings is 1. The fraction of sp³-hybridized carbons (Fsp3) is 0.615. The van der Waals surface area contributed by atoms with Crippen molar-refractivity contribution in [2.75, 3.05) is 5.32 Å². The van der Waals surface area contributed by atoms with Crippen LogP contribution in [0.5, 0.6) is 0 Å². The summed E-state index contributed by atoms with van der Waals surface area (Å²) in [6.07, 6.45) is 9.30. The number of carbonyl (C=O) groups excluding carboxylic acids is 2. The third-order valence-corrected chi connectivity index (χ3v) is 9.63. The number of sulfonamides is 1. The summed E-state index contributed by atoms with van der Waals surface area (Å²) in [7, 11) is -3.86. The summed E-state index contributed by atoms with van der Waals surface area (Å²) in [4.78, 5) is 24.5. The van der Waals surface area contributed by atoms with Crippen LogP contribution in [-0.2, 0) is 19.6 Å². The van der Waals surface area contributed by atoms with Crippen molar-refractivity contribution in [3.05, 3.63) is 36.9 Å². The first-order valence-corrected chi connectivity index (χ1v) is 13.7. The fourth-order valence-electron chi connectivity index (χ4n) is 5.70. The second-order valence-corrected chi connectivity index (χ2v) is 12.6. The van der Waals surface area contributed by atoms with E-state index in [1.165, 1.54) is 54.6 Å². The first-order valence-electron chi connectivity index (χ1n) is 12.3. The van der Waals surface area contributed by atoms with Crippen LogP contribution >= 0.6 is 0 Å². The number of anilines is 1. The van der Waals surface area contributed by atoms with Gasteiger partial charge in [0.2, 0.25) is 21.8 Å². The van der Waals surface area contributed by atoms with Gasteiger partial charge in [-0.25, -0.2) is 8.42 Å². The summed E-state index contributed by atoms with van der Waals surface area (Å²) < 4.78 is 28.9. The van der Waals surface area contributed by atoms with Gasteiger partial charge in [0.15, 0.2) is 0 Å². The molecule has 8 heteroatoms. The molecule has 1 aliphatic carbocycles. The lowest BCUT2D eigenvalue weighted by Gasteiger charge is -2.40. The summed E-state index contributed by atoms with van der Waals surface area (Å²) in [5.41, 5.74) is -0.954. The van der Waals surface area contributed by atoms with E-state index in [0.717, 1.165) is 6.42 Å². The topological polar surface area (TPSA) is 95.6 Å². The minimum absolute atomic E-state index is 0.0382. The number of hydrogen-bond acceptors (Lipinski definition) is 4. The van der Waals surface area contributed by atoms with E-state index >= 15 is 0 Å². The molecule has 3 rings (SSSR count). The van der Waals surface area contributed by atoms with Crippen molar-refractivity contribution in [3.63, 3.8) is 0 Å². The average Bonchev–Trinajstić information content (AvgIpc) is 2.96. The third kappa shape index (κ3) is 5.71. The van der Waals surface area contributed by atoms with Gasteiger partial charge in [0.05, 0.1) is 10.4 Å². The largest absolute Gasteiger partial charge is 0.348 e. The zero-order valence-electron chi connectivity index (χ0n) is 20.9. The Morgan fingerprint density at radius 1 is 1.09 bits per heavy atom. The lowest BCUT2D eigenvalue weighted by atomic mass is 9.86. The van der Waals surface area contributed by atoms with E-state index in [-0.39, 0.29) is 22.8 Å². The molecular weight excluding hydrogens is 450 g/mol. The highest BCUT2D eigenvalue weighted by Crippen LogP contribution is 2.44. The predicted octanol–water partition coefficient (Wildman–Crippen LogP) is 4.61. The van der Waals surface area contributed by atoms with E-state index in [4.69, 9.17) is 0 Å². The van der Waals surface area contributed by atoms with Gasteiger partial charge in [-0.05, 0) is 76.8 Å². The molecule has 2 aliphatic rings. The van der Waals surface area contributed by atoms with Gasteiger partial charge >= 0.3 is 0 Å². The lowest BCUT2D eigenvalue weighted by molar-refractivity contribution is -0.118. The molecule has 1 saturated carbocycles. The monoisotopic (exact) mass is 489 g/mol. The molecule has 2 fully saturated rings. The second-order valence-electron chi connectivity index (χ2n) is 10.8. The molecule has 0 radical (unpaired) electrons. The molecule has 1 atom stereocenters. The standard InChI is InChI=1S/C26H39N3O4S/c1-6-23(30)28-22-18-25(2,3)29(26(22,4)5)34(32,33)21-15-13-20(14-16-21)27-24(31)17-12-19-10-8-7-9-11-19/h6,13-16,19,22H,1,7-12,17-18H2,2-5H3,(H,27,31)(H,28,30). The number of rotatable bonds is 8. The van der Waals surface area contributed by atoms with Crippen LogP contribution in [0.4, 0.5) is 5.69 Å². The number of amides is 2. The molecule has 1 aromatic rings. The fourth-order valence-corrected chi connectivity index (χ4v) is 7.86. The summed E-state index contributed by atoms with van der Waals surface area (Å²) in [5, 5.41) is 5.78. The zero-order chi connectivity index (χ0) is 25.1. The van der Waals surface area contributed by atoms with Crippen LogP contribution < -0.4 is 10.6 Å². The van der Waals surface area contributed by atoms with Crippen molar-refractivity contribution >= 4 is 27.5 Å². The van der Waals surface area contributed by atoms with Crippen molar-refractivity contribution in [1.29, 1.82) is 0 Å². The van der Waals surface area contributed by atoms with Crippen LogP contribution in [0.1, 0.15) is 79.1 Å². The summed E-state index contributed by atoms with van der Waals surface area (Å²) in [6.45, 7) is 10.9. The summed E-state index contributed by atoms with van der Waals surface area (Å²) in [5.74, 6) is 0.278. The van der Waals surface area contributed by atoms with E-state index in [1.54, 1.807) is 12.1 Å². The average molecular weight is 490 g/mol. The van der Waals surface area contributed by atoms with Crippen LogP contribution in [0.2, 0.25) is 0 Å². The van der Waals surface area contributed by atoms with Gasteiger partial charge in [-0.2, -0.15) is 4.31 Å². The van der Waals surface area contributed by atoms with Gasteiger partial charge in [-0.3, -0.25) is 9.59 Å². The molecule has 1 aliphatic heterocycles. The van der Waals surface area contributed by atoms with E-state index in [1.807, 2.05) is 27.7 Å². The molecule has 1 saturated heterocycles.